The van der Waals surface area contributed by atoms with Crippen LogP contribution in [-0.4, -0.2) is 43.8 Å². The van der Waals surface area contributed by atoms with Crippen LogP contribution in [0.5, 0.6) is 0 Å². The highest BCUT2D eigenvalue weighted by Gasteiger charge is 2.34. The average Bonchev–Trinajstić information content (AvgIpc) is 2.99. The molecule has 0 radical (unpaired) electrons. The molecule has 7 nitrogen and oxygen atoms in total. The highest BCUT2D eigenvalue weighted by Crippen LogP contribution is 2.25. The summed E-state index contributed by atoms with van der Waals surface area (Å²) in [6, 6.07) is 25.8. The Kier molecular flexibility index (Phi) is 10.3. The van der Waals surface area contributed by atoms with Crippen molar-refractivity contribution in [1.82, 2.24) is 10.2 Å². The molecule has 0 aliphatic rings. The Morgan fingerprint density at radius 1 is 0.744 bits per heavy atom. The molecule has 0 spiro atoms. The third-order valence-corrected chi connectivity index (χ3v) is 8.48. The van der Waals surface area contributed by atoms with Gasteiger partial charge in [0.2, 0.25) is 11.8 Å². The molecule has 4 aromatic rings. The zero-order valence-electron chi connectivity index (χ0n) is 23.9. The second-order valence-electron chi connectivity index (χ2n) is 10.3. The summed E-state index contributed by atoms with van der Waals surface area (Å²) in [5, 5.41) is 2.87. The molecule has 0 aromatic heterocycles. The molecule has 0 saturated heterocycles. The van der Waals surface area contributed by atoms with E-state index in [0.717, 1.165) is 22.0 Å². The highest BCUT2D eigenvalue weighted by molar-refractivity contribution is 7.92. The number of rotatable bonds is 12. The third kappa shape index (κ3) is 8.26. The predicted octanol–water partition coefficient (Wildman–Crippen LogP) is 5.32. The molecule has 1 N–H and O–H groups in total. The van der Waals surface area contributed by atoms with Crippen molar-refractivity contribution in [2.45, 2.75) is 43.8 Å². The van der Waals surface area contributed by atoms with E-state index in [9.17, 15) is 26.8 Å². The summed E-state index contributed by atoms with van der Waals surface area (Å²) >= 11 is 0. The predicted molar refractivity (Wildman–Crippen MR) is 162 cm³/mol. The third-order valence-electron chi connectivity index (χ3n) is 6.69. The monoisotopic (exact) mass is 605 g/mol. The largest absolute Gasteiger partial charge is 0.352 e. The number of hydrogen-bond acceptors (Lipinski definition) is 4. The summed E-state index contributed by atoms with van der Waals surface area (Å²) in [4.78, 5) is 29.1. The van der Waals surface area contributed by atoms with Gasteiger partial charge in [0.15, 0.2) is 0 Å². The van der Waals surface area contributed by atoms with Crippen LogP contribution in [-0.2, 0) is 32.6 Å². The second-order valence-corrected chi connectivity index (χ2v) is 12.2. The molecule has 0 aliphatic carbocycles. The van der Waals surface area contributed by atoms with E-state index in [1.807, 2.05) is 30.3 Å². The number of sulfonamides is 1. The van der Waals surface area contributed by atoms with Gasteiger partial charge in [0.25, 0.3) is 10.0 Å². The maximum atomic E-state index is 14.3. The fourth-order valence-electron chi connectivity index (χ4n) is 4.58. The van der Waals surface area contributed by atoms with Crippen molar-refractivity contribution in [3.05, 3.63) is 132 Å². The quantitative estimate of drug-likeness (QED) is 0.237. The SMILES string of the molecule is CC(C)NC(=O)[C@H](Cc1ccccc1)N(Cc1ccc(F)cc1)C(=O)CN(c1ccc(F)cc1)S(=O)(=O)c1ccccc1. The Balaban J connectivity index is 1.79. The van der Waals surface area contributed by atoms with Crippen LogP contribution in [0.2, 0.25) is 0 Å². The van der Waals surface area contributed by atoms with E-state index in [0.29, 0.717) is 5.56 Å². The summed E-state index contributed by atoms with van der Waals surface area (Å²) < 4.78 is 56.2. The fourth-order valence-corrected chi connectivity index (χ4v) is 6.01. The lowest BCUT2D eigenvalue weighted by Gasteiger charge is -2.34. The van der Waals surface area contributed by atoms with Crippen molar-refractivity contribution in [2.24, 2.45) is 0 Å². The Hall–Kier alpha value is -4.57. The summed E-state index contributed by atoms with van der Waals surface area (Å²) in [5.41, 5.74) is 1.41. The van der Waals surface area contributed by atoms with Gasteiger partial charge in [-0.05, 0) is 73.5 Å². The van der Waals surface area contributed by atoms with E-state index < -0.39 is 46.1 Å². The van der Waals surface area contributed by atoms with Gasteiger partial charge in [-0.3, -0.25) is 13.9 Å². The van der Waals surface area contributed by atoms with Crippen molar-refractivity contribution in [3.8, 4) is 0 Å². The van der Waals surface area contributed by atoms with Crippen molar-refractivity contribution < 1.29 is 26.8 Å². The lowest BCUT2D eigenvalue weighted by Crippen LogP contribution is -2.54. The minimum absolute atomic E-state index is 0.0596. The first-order valence-corrected chi connectivity index (χ1v) is 15.2. The van der Waals surface area contributed by atoms with E-state index in [1.54, 1.807) is 32.0 Å². The van der Waals surface area contributed by atoms with Crippen LogP contribution >= 0.6 is 0 Å². The van der Waals surface area contributed by atoms with E-state index in [-0.39, 0.29) is 29.6 Å². The van der Waals surface area contributed by atoms with E-state index in [1.165, 1.54) is 53.4 Å². The average molecular weight is 606 g/mol. The van der Waals surface area contributed by atoms with E-state index >= 15 is 0 Å². The molecule has 0 unspecified atom stereocenters. The van der Waals surface area contributed by atoms with Crippen LogP contribution in [0.4, 0.5) is 14.5 Å². The summed E-state index contributed by atoms with van der Waals surface area (Å²) in [7, 11) is -4.28. The van der Waals surface area contributed by atoms with Gasteiger partial charge < -0.3 is 10.2 Å². The topological polar surface area (TPSA) is 86.8 Å². The number of halogens is 2. The Morgan fingerprint density at radius 2 is 1.28 bits per heavy atom. The number of carbonyl (C=O) groups excluding carboxylic acids is 2. The van der Waals surface area contributed by atoms with Crippen molar-refractivity contribution >= 4 is 27.5 Å². The number of nitrogens with one attached hydrogen (secondary N) is 1. The molecule has 10 heteroatoms. The first-order chi connectivity index (χ1) is 20.5. The normalized spacial score (nSPS) is 12.0. The maximum Gasteiger partial charge on any atom is 0.264 e. The van der Waals surface area contributed by atoms with Crippen LogP contribution in [0.15, 0.2) is 114 Å². The van der Waals surface area contributed by atoms with Gasteiger partial charge in [-0.25, -0.2) is 17.2 Å². The van der Waals surface area contributed by atoms with Gasteiger partial charge in [-0.15, -0.1) is 0 Å². The van der Waals surface area contributed by atoms with Gasteiger partial charge in [0, 0.05) is 19.0 Å². The molecule has 4 aromatic carbocycles. The van der Waals surface area contributed by atoms with Crippen LogP contribution in [0.25, 0.3) is 0 Å². The molecule has 1 atom stereocenters. The minimum Gasteiger partial charge on any atom is -0.352 e. The molecule has 2 amide bonds. The first-order valence-electron chi connectivity index (χ1n) is 13.8. The lowest BCUT2D eigenvalue weighted by atomic mass is 10.0. The molecule has 0 bridgehead atoms. The van der Waals surface area contributed by atoms with Gasteiger partial charge in [-0.2, -0.15) is 0 Å². The van der Waals surface area contributed by atoms with Crippen LogP contribution < -0.4 is 9.62 Å². The maximum absolute atomic E-state index is 14.3. The molecule has 43 heavy (non-hydrogen) atoms. The van der Waals surface area contributed by atoms with E-state index in [4.69, 9.17) is 0 Å². The van der Waals surface area contributed by atoms with Gasteiger partial charge in [0.05, 0.1) is 10.6 Å². The van der Waals surface area contributed by atoms with Gasteiger partial charge in [0.1, 0.15) is 24.2 Å². The Morgan fingerprint density at radius 3 is 1.84 bits per heavy atom. The smallest absolute Gasteiger partial charge is 0.264 e. The first kappa shape index (κ1) is 31.4. The number of amides is 2. The number of benzene rings is 4. The molecular weight excluding hydrogens is 572 g/mol. The molecular formula is C33H33F2N3O4S. The molecule has 0 fully saturated rings. The summed E-state index contributed by atoms with van der Waals surface area (Å²) in [6.45, 7) is 2.83. The molecule has 224 valence electrons. The number of nitrogens with zero attached hydrogens (tertiary/aromatic N) is 2. The fraction of sp³-hybridized carbons (Fsp3) is 0.212. The van der Waals surface area contributed by atoms with Crippen molar-refractivity contribution in [1.29, 1.82) is 0 Å². The van der Waals surface area contributed by atoms with Gasteiger partial charge in [-0.1, -0.05) is 60.7 Å². The minimum atomic E-state index is -4.28. The number of hydrogen-bond donors (Lipinski definition) is 1. The molecule has 0 heterocycles. The van der Waals surface area contributed by atoms with Gasteiger partial charge >= 0.3 is 0 Å². The molecule has 0 saturated carbocycles. The number of carbonyl (C=O) groups is 2. The Labute approximate surface area is 250 Å². The van der Waals surface area contributed by atoms with Crippen molar-refractivity contribution in [3.63, 3.8) is 0 Å². The van der Waals surface area contributed by atoms with Crippen LogP contribution in [0.3, 0.4) is 0 Å². The highest BCUT2D eigenvalue weighted by atomic mass is 32.2. The van der Waals surface area contributed by atoms with Crippen LogP contribution in [0.1, 0.15) is 25.0 Å². The van der Waals surface area contributed by atoms with Crippen LogP contribution in [0, 0.1) is 11.6 Å². The molecule has 4 rings (SSSR count). The standard InChI is InChI=1S/C33H33F2N3O4S/c1-24(2)36-33(40)31(21-25-9-5-3-6-10-25)37(22-26-13-15-27(34)16-14-26)32(39)23-38(29-19-17-28(35)18-20-29)43(41,42)30-11-7-4-8-12-30/h3-20,24,31H,21-23H2,1-2H3,(H,36,40)/t31-/m0/s1. The lowest BCUT2D eigenvalue weighted by molar-refractivity contribution is -0.140. The summed E-state index contributed by atoms with van der Waals surface area (Å²) in [5.74, 6) is -2.13. The zero-order chi connectivity index (χ0) is 31.0. The van der Waals surface area contributed by atoms with Crippen molar-refractivity contribution in [2.75, 3.05) is 10.8 Å². The zero-order valence-corrected chi connectivity index (χ0v) is 24.7. The summed E-state index contributed by atoms with van der Waals surface area (Å²) in [6.07, 6.45) is 0.147. The molecule has 0 aliphatic heterocycles. The number of anilines is 1. The second kappa shape index (κ2) is 14.1. The van der Waals surface area contributed by atoms with E-state index in [2.05, 4.69) is 5.32 Å². The Bertz CT molecular complexity index is 1620.